The second kappa shape index (κ2) is 5.50. The molecule has 0 bridgehead atoms. The van der Waals surface area contributed by atoms with Gasteiger partial charge in [0, 0.05) is 12.6 Å². The molecule has 0 unspecified atom stereocenters. The molecule has 2 heteroatoms. The first-order chi connectivity index (χ1) is 7.76. The molecule has 2 fully saturated rings. The molecule has 2 N–H and O–H groups in total. The van der Waals surface area contributed by atoms with Crippen LogP contribution in [0.15, 0.2) is 0 Å². The fraction of sp³-hybridized carbons (Fsp3) is 1.00. The van der Waals surface area contributed by atoms with Gasteiger partial charge in [0.05, 0.1) is 0 Å². The predicted octanol–water partition coefficient (Wildman–Crippen LogP) is 2.77. The smallest absolute Gasteiger partial charge is 0.00924 e. The molecule has 0 aromatic heterocycles. The maximum atomic E-state index is 6.09. The Hall–Kier alpha value is -0.0800. The van der Waals surface area contributed by atoms with E-state index in [-0.39, 0.29) is 0 Å². The van der Waals surface area contributed by atoms with Gasteiger partial charge >= 0.3 is 0 Å². The lowest BCUT2D eigenvalue weighted by atomic mass is 9.78. The summed E-state index contributed by atoms with van der Waals surface area (Å²) >= 11 is 0. The molecule has 2 nitrogen and oxygen atoms in total. The molecular weight excluding hydrogens is 196 g/mol. The summed E-state index contributed by atoms with van der Waals surface area (Å²) in [6.07, 6.45) is 12.6. The van der Waals surface area contributed by atoms with E-state index in [1.807, 2.05) is 0 Å². The Balaban J connectivity index is 1.90. The third kappa shape index (κ3) is 2.78. The van der Waals surface area contributed by atoms with Crippen LogP contribution in [0.5, 0.6) is 0 Å². The van der Waals surface area contributed by atoms with Crippen LogP contribution in [0.3, 0.4) is 0 Å². The van der Waals surface area contributed by atoms with Crippen LogP contribution in [-0.2, 0) is 0 Å². The van der Waals surface area contributed by atoms with Crippen LogP contribution >= 0.6 is 0 Å². The average Bonchev–Trinajstić information content (AvgIpc) is 2.41. The van der Waals surface area contributed by atoms with Gasteiger partial charge in [0.15, 0.2) is 0 Å². The van der Waals surface area contributed by atoms with Crippen molar-refractivity contribution in [1.82, 2.24) is 4.90 Å². The number of nitrogens with zero attached hydrogens (tertiary/aromatic N) is 1. The van der Waals surface area contributed by atoms with E-state index in [2.05, 4.69) is 11.9 Å². The van der Waals surface area contributed by atoms with Crippen molar-refractivity contribution < 1.29 is 0 Å². The van der Waals surface area contributed by atoms with Crippen molar-refractivity contribution in [2.24, 2.45) is 11.1 Å². The summed E-state index contributed by atoms with van der Waals surface area (Å²) in [6.45, 7) is 2.14. The summed E-state index contributed by atoms with van der Waals surface area (Å²) in [4.78, 5) is 2.60. The molecule has 0 aliphatic heterocycles. The van der Waals surface area contributed by atoms with Crippen LogP contribution in [-0.4, -0.2) is 31.1 Å². The Morgan fingerprint density at radius 3 is 2.12 bits per heavy atom. The Morgan fingerprint density at radius 2 is 1.69 bits per heavy atom. The van der Waals surface area contributed by atoms with Crippen molar-refractivity contribution in [3.8, 4) is 0 Å². The molecule has 0 atom stereocenters. The quantitative estimate of drug-likeness (QED) is 0.744. The van der Waals surface area contributed by atoms with Gasteiger partial charge in [-0.3, -0.25) is 0 Å². The summed E-state index contributed by atoms with van der Waals surface area (Å²) < 4.78 is 0. The maximum absolute atomic E-state index is 6.09. The maximum Gasteiger partial charge on any atom is 0.00924 e. The Bertz CT molecular complexity index is 203. The van der Waals surface area contributed by atoms with Gasteiger partial charge in [-0.05, 0) is 44.7 Å². The zero-order valence-electron chi connectivity index (χ0n) is 10.9. The SMILES string of the molecule is CN(CC1(CN)CCCCCC1)C1CCC1. The van der Waals surface area contributed by atoms with E-state index >= 15 is 0 Å². The van der Waals surface area contributed by atoms with E-state index in [1.165, 1.54) is 64.3 Å². The van der Waals surface area contributed by atoms with E-state index in [0.29, 0.717) is 5.41 Å². The van der Waals surface area contributed by atoms with Crippen molar-refractivity contribution in [3.63, 3.8) is 0 Å². The van der Waals surface area contributed by atoms with Crippen molar-refractivity contribution in [3.05, 3.63) is 0 Å². The molecule has 2 rings (SSSR count). The molecule has 0 amide bonds. The van der Waals surface area contributed by atoms with Crippen LogP contribution < -0.4 is 5.73 Å². The normalized spacial score (nSPS) is 26.4. The number of nitrogens with two attached hydrogens (primary N) is 1. The van der Waals surface area contributed by atoms with E-state index < -0.39 is 0 Å². The summed E-state index contributed by atoms with van der Waals surface area (Å²) in [5.74, 6) is 0. The standard InChI is InChI=1S/C14H28N2/c1-16(13-7-6-8-13)12-14(11-15)9-4-2-3-5-10-14/h13H,2-12,15H2,1H3. The molecule has 16 heavy (non-hydrogen) atoms. The van der Waals surface area contributed by atoms with Crippen LogP contribution in [0, 0.1) is 5.41 Å². The van der Waals surface area contributed by atoms with Gasteiger partial charge in [0.1, 0.15) is 0 Å². The summed E-state index contributed by atoms with van der Waals surface area (Å²) in [6, 6.07) is 0.867. The highest BCUT2D eigenvalue weighted by Crippen LogP contribution is 2.36. The van der Waals surface area contributed by atoms with E-state index in [9.17, 15) is 0 Å². The molecule has 2 aliphatic carbocycles. The van der Waals surface area contributed by atoms with Gasteiger partial charge in [-0.15, -0.1) is 0 Å². The van der Waals surface area contributed by atoms with Gasteiger partial charge in [-0.2, -0.15) is 0 Å². The van der Waals surface area contributed by atoms with Crippen LogP contribution in [0.25, 0.3) is 0 Å². The Morgan fingerprint density at radius 1 is 1.06 bits per heavy atom. The molecule has 2 saturated carbocycles. The van der Waals surface area contributed by atoms with E-state index in [4.69, 9.17) is 5.73 Å². The fourth-order valence-corrected chi connectivity index (χ4v) is 3.39. The monoisotopic (exact) mass is 224 g/mol. The van der Waals surface area contributed by atoms with Gasteiger partial charge in [-0.25, -0.2) is 0 Å². The molecule has 2 aliphatic rings. The molecule has 0 spiro atoms. The highest BCUT2D eigenvalue weighted by molar-refractivity contribution is 4.88. The summed E-state index contributed by atoms with van der Waals surface area (Å²) in [5, 5.41) is 0. The highest BCUT2D eigenvalue weighted by Gasteiger charge is 2.33. The number of hydrogen-bond acceptors (Lipinski definition) is 2. The van der Waals surface area contributed by atoms with Crippen molar-refractivity contribution >= 4 is 0 Å². The number of hydrogen-bond donors (Lipinski definition) is 1. The minimum atomic E-state index is 0.445. The zero-order valence-corrected chi connectivity index (χ0v) is 10.9. The van der Waals surface area contributed by atoms with Crippen LogP contribution in [0.2, 0.25) is 0 Å². The first-order valence-electron chi connectivity index (χ1n) is 7.16. The van der Waals surface area contributed by atoms with Crippen LogP contribution in [0.4, 0.5) is 0 Å². The average molecular weight is 224 g/mol. The molecule has 94 valence electrons. The highest BCUT2D eigenvalue weighted by atomic mass is 15.1. The lowest BCUT2D eigenvalue weighted by Gasteiger charge is -2.42. The zero-order chi connectivity index (χ0) is 11.4. The van der Waals surface area contributed by atoms with Crippen molar-refractivity contribution in [2.75, 3.05) is 20.1 Å². The lowest BCUT2D eigenvalue weighted by Crippen LogP contribution is -2.47. The Kier molecular flexibility index (Phi) is 4.26. The third-order valence-corrected chi connectivity index (χ3v) is 4.88. The van der Waals surface area contributed by atoms with E-state index in [1.54, 1.807) is 0 Å². The predicted molar refractivity (Wildman–Crippen MR) is 69.5 cm³/mol. The summed E-state index contributed by atoms with van der Waals surface area (Å²) in [5.41, 5.74) is 6.53. The third-order valence-electron chi connectivity index (χ3n) is 4.88. The van der Waals surface area contributed by atoms with Crippen molar-refractivity contribution in [2.45, 2.75) is 63.8 Å². The molecule has 0 saturated heterocycles. The molecule has 0 aromatic carbocycles. The van der Waals surface area contributed by atoms with Gasteiger partial charge < -0.3 is 10.6 Å². The first kappa shape index (κ1) is 12.4. The largest absolute Gasteiger partial charge is 0.330 e. The fourth-order valence-electron chi connectivity index (χ4n) is 3.39. The molecule has 0 radical (unpaired) electrons. The van der Waals surface area contributed by atoms with Crippen molar-refractivity contribution in [1.29, 1.82) is 0 Å². The number of rotatable bonds is 4. The molecule has 0 aromatic rings. The minimum absolute atomic E-state index is 0.445. The van der Waals surface area contributed by atoms with E-state index in [0.717, 1.165) is 12.6 Å². The summed E-state index contributed by atoms with van der Waals surface area (Å²) in [7, 11) is 2.31. The van der Waals surface area contributed by atoms with Gasteiger partial charge in [0.25, 0.3) is 0 Å². The molecular formula is C14H28N2. The van der Waals surface area contributed by atoms with Crippen LogP contribution in [0.1, 0.15) is 57.8 Å². The first-order valence-corrected chi connectivity index (χ1v) is 7.16. The van der Waals surface area contributed by atoms with Gasteiger partial charge in [0.2, 0.25) is 0 Å². The minimum Gasteiger partial charge on any atom is -0.330 e. The van der Waals surface area contributed by atoms with Gasteiger partial charge in [-0.1, -0.05) is 32.1 Å². The topological polar surface area (TPSA) is 29.3 Å². The second-order valence-electron chi connectivity index (χ2n) is 6.12. The second-order valence-corrected chi connectivity index (χ2v) is 6.12. The molecule has 0 heterocycles. The lowest BCUT2D eigenvalue weighted by molar-refractivity contribution is 0.0862. The Labute approximate surface area is 101 Å².